The number of hydrogen-bond donors (Lipinski definition) is 0. The van der Waals surface area contributed by atoms with Crippen molar-refractivity contribution in [2.24, 2.45) is 0 Å². The summed E-state index contributed by atoms with van der Waals surface area (Å²) >= 11 is 0. The normalized spacial score (nSPS) is 11.2. The molecule has 0 bridgehead atoms. The topological polar surface area (TPSA) is 36.3 Å². The summed E-state index contributed by atoms with van der Waals surface area (Å²) in [6.07, 6.45) is 2.15. The average molecular weight is 248 g/mol. The average Bonchev–Trinajstić information content (AvgIpc) is 2.73. The molecule has 18 heavy (non-hydrogen) atoms. The summed E-state index contributed by atoms with van der Waals surface area (Å²) in [7, 11) is 3.44. The first-order chi connectivity index (χ1) is 8.86. The van der Waals surface area contributed by atoms with Crippen LogP contribution in [0.25, 0.3) is 11.0 Å². The number of hydrogen-bond acceptors (Lipinski definition) is 3. The predicted octanol–water partition coefficient (Wildman–Crippen LogP) is 2.61. The lowest BCUT2D eigenvalue weighted by Gasteiger charge is -2.08. The minimum absolute atomic E-state index is 0.555. The molecule has 2 rings (SSSR count). The number of unbranched alkanes of at least 4 members (excludes halogenated alkanes) is 1. The van der Waals surface area contributed by atoms with Gasteiger partial charge in [0, 0.05) is 27.4 Å². The Bertz CT molecular complexity index is 493. The Balaban J connectivity index is 2.19. The molecule has 0 amide bonds. The molecule has 4 nitrogen and oxygen atoms in total. The molecule has 0 fully saturated rings. The number of ether oxygens (including phenoxy) is 2. The van der Waals surface area contributed by atoms with Gasteiger partial charge in [-0.05, 0) is 25.0 Å². The van der Waals surface area contributed by atoms with Crippen LogP contribution in [-0.4, -0.2) is 30.4 Å². The first kappa shape index (κ1) is 13.1. The van der Waals surface area contributed by atoms with Gasteiger partial charge < -0.3 is 14.0 Å². The van der Waals surface area contributed by atoms with Crippen molar-refractivity contribution in [2.45, 2.75) is 26.0 Å². The molecule has 2 aromatic rings. The number of aryl methyl sites for hydroxylation is 1. The van der Waals surface area contributed by atoms with E-state index in [0.29, 0.717) is 6.61 Å². The summed E-state index contributed by atoms with van der Waals surface area (Å²) in [4.78, 5) is 4.61. The number of aromatic nitrogens is 2. The third-order valence-electron chi connectivity index (χ3n) is 2.99. The molecule has 98 valence electrons. The number of rotatable bonds is 7. The van der Waals surface area contributed by atoms with Crippen LogP contribution >= 0.6 is 0 Å². The SMILES string of the molecule is COCCCCn1c(COC)nc2ccccc21. The third kappa shape index (κ3) is 2.89. The maximum Gasteiger partial charge on any atom is 0.135 e. The molecular formula is C14H20N2O2. The van der Waals surface area contributed by atoms with Crippen LogP contribution in [0.2, 0.25) is 0 Å². The molecule has 4 heteroatoms. The van der Waals surface area contributed by atoms with Gasteiger partial charge in [0.1, 0.15) is 12.4 Å². The van der Waals surface area contributed by atoms with Crippen LogP contribution in [0.1, 0.15) is 18.7 Å². The van der Waals surface area contributed by atoms with Crippen LogP contribution in [0.5, 0.6) is 0 Å². The second-order valence-corrected chi connectivity index (χ2v) is 4.30. The lowest BCUT2D eigenvalue weighted by molar-refractivity contribution is 0.173. The van der Waals surface area contributed by atoms with Crippen molar-refractivity contribution in [3.8, 4) is 0 Å². The van der Waals surface area contributed by atoms with Crippen LogP contribution < -0.4 is 0 Å². The Morgan fingerprint density at radius 1 is 1.11 bits per heavy atom. The maximum absolute atomic E-state index is 5.22. The Labute approximate surface area is 108 Å². The standard InChI is InChI=1S/C14H20N2O2/c1-17-10-6-5-9-16-13-8-4-3-7-12(13)15-14(16)11-18-2/h3-4,7-8H,5-6,9-11H2,1-2H3. The Morgan fingerprint density at radius 3 is 2.72 bits per heavy atom. The summed E-state index contributed by atoms with van der Waals surface area (Å²) in [6.45, 7) is 2.33. The number of methoxy groups -OCH3 is 2. The van der Waals surface area contributed by atoms with Gasteiger partial charge in [-0.1, -0.05) is 12.1 Å². The first-order valence-corrected chi connectivity index (χ1v) is 6.29. The Kier molecular flexibility index (Phi) is 4.73. The van der Waals surface area contributed by atoms with E-state index in [2.05, 4.69) is 15.6 Å². The molecule has 0 saturated carbocycles. The molecule has 0 aliphatic carbocycles. The number of imidazole rings is 1. The van der Waals surface area contributed by atoms with Crippen LogP contribution in [0.4, 0.5) is 0 Å². The van der Waals surface area contributed by atoms with Crippen molar-refractivity contribution in [2.75, 3.05) is 20.8 Å². The minimum Gasteiger partial charge on any atom is -0.385 e. The molecule has 0 spiro atoms. The number of benzene rings is 1. The van der Waals surface area contributed by atoms with Gasteiger partial charge >= 0.3 is 0 Å². The number of nitrogens with zero attached hydrogens (tertiary/aromatic N) is 2. The molecular weight excluding hydrogens is 228 g/mol. The van der Waals surface area contributed by atoms with E-state index in [1.165, 1.54) is 5.52 Å². The Hall–Kier alpha value is -1.39. The zero-order valence-corrected chi connectivity index (χ0v) is 11.1. The minimum atomic E-state index is 0.555. The molecule has 0 aliphatic rings. The van der Waals surface area contributed by atoms with E-state index in [1.807, 2.05) is 18.2 Å². The highest BCUT2D eigenvalue weighted by atomic mass is 16.5. The second-order valence-electron chi connectivity index (χ2n) is 4.30. The predicted molar refractivity (Wildman–Crippen MR) is 71.6 cm³/mol. The first-order valence-electron chi connectivity index (χ1n) is 6.29. The monoisotopic (exact) mass is 248 g/mol. The van der Waals surface area contributed by atoms with E-state index < -0.39 is 0 Å². The van der Waals surface area contributed by atoms with E-state index in [4.69, 9.17) is 9.47 Å². The molecule has 0 aliphatic heterocycles. The maximum atomic E-state index is 5.22. The lowest BCUT2D eigenvalue weighted by Crippen LogP contribution is -2.06. The lowest BCUT2D eigenvalue weighted by atomic mass is 10.3. The van der Waals surface area contributed by atoms with Gasteiger partial charge in [0.05, 0.1) is 11.0 Å². The van der Waals surface area contributed by atoms with Crippen LogP contribution in [0.3, 0.4) is 0 Å². The Morgan fingerprint density at radius 2 is 1.94 bits per heavy atom. The van der Waals surface area contributed by atoms with Crippen molar-refractivity contribution in [1.29, 1.82) is 0 Å². The molecule has 0 unspecified atom stereocenters. The summed E-state index contributed by atoms with van der Waals surface area (Å²) < 4.78 is 12.5. The summed E-state index contributed by atoms with van der Waals surface area (Å²) in [5.41, 5.74) is 2.22. The number of fused-ring (bicyclic) bond motifs is 1. The van der Waals surface area contributed by atoms with E-state index in [9.17, 15) is 0 Å². The van der Waals surface area contributed by atoms with Gasteiger partial charge in [0.25, 0.3) is 0 Å². The van der Waals surface area contributed by atoms with Crippen LogP contribution in [-0.2, 0) is 22.6 Å². The van der Waals surface area contributed by atoms with Crippen LogP contribution in [0.15, 0.2) is 24.3 Å². The molecule has 1 aromatic heterocycles. The molecule has 0 atom stereocenters. The zero-order valence-electron chi connectivity index (χ0n) is 11.1. The summed E-state index contributed by atoms with van der Waals surface area (Å²) in [6, 6.07) is 8.21. The largest absolute Gasteiger partial charge is 0.385 e. The molecule has 0 saturated heterocycles. The highest BCUT2D eigenvalue weighted by Crippen LogP contribution is 2.17. The van der Waals surface area contributed by atoms with Crippen molar-refractivity contribution in [3.05, 3.63) is 30.1 Å². The highest BCUT2D eigenvalue weighted by Gasteiger charge is 2.09. The van der Waals surface area contributed by atoms with E-state index in [0.717, 1.165) is 37.3 Å². The van der Waals surface area contributed by atoms with Crippen molar-refractivity contribution < 1.29 is 9.47 Å². The molecule has 0 N–H and O–H groups in total. The second kappa shape index (κ2) is 6.52. The molecule has 1 aromatic carbocycles. The summed E-state index contributed by atoms with van der Waals surface area (Å²) in [5.74, 6) is 0.996. The fourth-order valence-electron chi connectivity index (χ4n) is 2.13. The van der Waals surface area contributed by atoms with Gasteiger partial charge in [-0.25, -0.2) is 4.98 Å². The van der Waals surface area contributed by atoms with Gasteiger partial charge in [0.2, 0.25) is 0 Å². The van der Waals surface area contributed by atoms with Gasteiger partial charge in [0.15, 0.2) is 0 Å². The molecule has 0 radical (unpaired) electrons. The van der Waals surface area contributed by atoms with E-state index in [-0.39, 0.29) is 0 Å². The summed E-state index contributed by atoms with van der Waals surface area (Å²) in [5, 5.41) is 0. The van der Waals surface area contributed by atoms with Crippen LogP contribution in [0, 0.1) is 0 Å². The van der Waals surface area contributed by atoms with Gasteiger partial charge in [-0.2, -0.15) is 0 Å². The molecule has 1 heterocycles. The number of para-hydroxylation sites is 2. The quantitative estimate of drug-likeness (QED) is 0.707. The van der Waals surface area contributed by atoms with Crippen molar-refractivity contribution >= 4 is 11.0 Å². The van der Waals surface area contributed by atoms with Crippen molar-refractivity contribution in [1.82, 2.24) is 9.55 Å². The fourth-order valence-corrected chi connectivity index (χ4v) is 2.13. The smallest absolute Gasteiger partial charge is 0.135 e. The fraction of sp³-hybridized carbons (Fsp3) is 0.500. The van der Waals surface area contributed by atoms with Gasteiger partial charge in [-0.15, -0.1) is 0 Å². The third-order valence-corrected chi connectivity index (χ3v) is 2.99. The van der Waals surface area contributed by atoms with Gasteiger partial charge in [-0.3, -0.25) is 0 Å². The zero-order chi connectivity index (χ0) is 12.8. The van der Waals surface area contributed by atoms with E-state index in [1.54, 1.807) is 14.2 Å². The van der Waals surface area contributed by atoms with Crippen molar-refractivity contribution in [3.63, 3.8) is 0 Å². The highest BCUT2D eigenvalue weighted by molar-refractivity contribution is 5.75. The van der Waals surface area contributed by atoms with E-state index >= 15 is 0 Å².